The Kier molecular flexibility index (Phi) is 10.7. The lowest BCUT2D eigenvalue weighted by Gasteiger charge is -2.03. The molecule has 14 heavy (non-hydrogen) atoms. The summed E-state index contributed by atoms with van der Waals surface area (Å²) in [6, 6.07) is 0. The molecular formula is C8H17Cl2N3O. The molecule has 0 amide bonds. The molecule has 0 bridgehead atoms. The number of halogens is 2. The Morgan fingerprint density at radius 1 is 1.50 bits per heavy atom. The fourth-order valence-corrected chi connectivity index (χ4v) is 0.941. The number of nitrogens with zero attached hydrogens (tertiary/aromatic N) is 2. The van der Waals surface area contributed by atoms with Crippen molar-refractivity contribution in [2.45, 2.75) is 6.54 Å². The van der Waals surface area contributed by atoms with E-state index < -0.39 is 0 Å². The lowest BCUT2D eigenvalue weighted by molar-refractivity contribution is 0.199. The highest BCUT2D eigenvalue weighted by Gasteiger charge is 1.96. The summed E-state index contributed by atoms with van der Waals surface area (Å²) in [6.45, 7) is 2.40. The third kappa shape index (κ3) is 5.44. The predicted octanol–water partition coefficient (Wildman–Crippen LogP) is 1.000. The van der Waals surface area contributed by atoms with Crippen molar-refractivity contribution >= 4 is 24.8 Å². The highest BCUT2D eigenvalue weighted by Crippen LogP contribution is 1.91. The molecule has 0 saturated heterocycles. The van der Waals surface area contributed by atoms with E-state index in [2.05, 4.69) is 10.3 Å². The van der Waals surface area contributed by atoms with Gasteiger partial charge in [-0.2, -0.15) is 0 Å². The Morgan fingerprint density at radius 3 is 2.71 bits per heavy atom. The normalized spacial score (nSPS) is 9.00. The molecule has 1 heterocycles. The number of methoxy groups -OCH3 is 1. The summed E-state index contributed by atoms with van der Waals surface area (Å²) in [5.41, 5.74) is 0. The van der Waals surface area contributed by atoms with Gasteiger partial charge in [-0.15, -0.1) is 24.8 Å². The first-order chi connectivity index (χ1) is 5.84. The van der Waals surface area contributed by atoms with Gasteiger partial charge < -0.3 is 14.6 Å². The second kappa shape index (κ2) is 9.27. The first-order valence-corrected chi connectivity index (χ1v) is 4.00. The number of aromatic nitrogens is 2. The minimum absolute atomic E-state index is 0. The number of hydrogen-bond donors (Lipinski definition) is 1. The number of imidazole rings is 1. The molecule has 1 aromatic rings. The summed E-state index contributed by atoms with van der Waals surface area (Å²) in [5.74, 6) is 1.05. The highest BCUT2D eigenvalue weighted by molar-refractivity contribution is 5.85. The van der Waals surface area contributed by atoms with Gasteiger partial charge >= 0.3 is 0 Å². The van der Waals surface area contributed by atoms with Crippen LogP contribution in [0.15, 0.2) is 12.4 Å². The standard InChI is InChI=1S/C8H15N3O.2ClH/c1-11-5-3-10-8(11)7-9-4-6-12-2;;/h3,5,9H,4,6-7H2,1-2H3;2*1H. The molecule has 1 rings (SSSR count). The molecular weight excluding hydrogens is 225 g/mol. The maximum absolute atomic E-state index is 4.90. The third-order valence-electron chi connectivity index (χ3n) is 1.69. The van der Waals surface area contributed by atoms with Gasteiger partial charge in [0.1, 0.15) is 5.82 Å². The average molecular weight is 242 g/mol. The van der Waals surface area contributed by atoms with Crippen LogP contribution in [0.25, 0.3) is 0 Å². The van der Waals surface area contributed by atoms with Gasteiger partial charge in [-0.25, -0.2) is 4.98 Å². The zero-order chi connectivity index (χ0) is 8.81. The zero-order valence-corrected chi connectivity index (χ0v) is 10.0. The maximum Gasteiger partial charge on any atom is 0.122 e. The van der Waals surface area contributed by atoms with E-state index in [1.807, 2.05) is 17.8 Å². The van der Waals surface area contributed by atoms with Crippen LogP contribution in [-0.4, -0.2) is 29.8 Å². The van der Waals surface area contributed by atoms with Gasteiger partial charge in [0.15, 0.2) is 0 Å². The summed E-state index contributed by atoms with van der Waals surface area (Å²) in [6.07, 6.45) is 3.74. The smallest absolute Gasteiger partial charge is 0.122 e. The Hall–Kier alpha value is -0.290. The Labute approximate surface area is 96.9 Å². The van der Waals surface area contributed by atoms with Crippen LogP contribution in [0.1, 0.15) is 5.82 Å². The molecule has 0 unspecified atom stereocenters. The molecule has 0 atom stereocenters. The first kappa shape index (κ1) is 16.2. The molecule has 1 aromatic heterocycles. The predicted molar refractivity (Wildman–Crippen MR) is 61.3 cm³/mol. The van der Waals surface area contributed by atoms with E-state index >= 15 is 0 Å². The molecule has 0 aromatic carbocycles. The molecule has 6 heteroatoms. The largest absolute Gasteiger partial charge is 0.383 e. The summed E-state index contributed by atoms with van der Waals surface area (Å²) >= 11 is 0. The average Bonchev–Trinajstić information content (AvgIpc) is 2.46. The molecule has 0 saturated carbocycles. The lowest BCUT2D eigenvalue weighted by Crippen LogP contribution is -2.20. The van der Waals surface area contributed by atoms with Crippen LogP contribution in [0.2, 0.25) is 0 Å². The van der Waals surface area contributed by atoms with Crippen LogP contribution < -0.4 is 5.32 Å². The fraction of sp³-hybridized carbons (Fsp3) is 0.625. The molecule has 1 N–H and O–H groups in total. The summed E-state index contributed by atoms with van der Waals surface area (Å²) in [7, 11) is 3.68. The third-order valence-corrected chi connectivity index (χ3v) is 1.69. The van der Waals surface area contributed by atoms with Gasteiger partial charge in [0.2, 0.25) is 0 Å². The molecule has 0 fully saturated rings. The molecule has 0 spiro atoms. The van der Waals surface area contributed by atoms with E-state index in [1.54, 1.807) is 13.3 Å². The zero-order valence-electron chi connectivity index (χ0n) is 8.40. The van der Waals surface area contributed by atoms with E-state index in [9.17, 15) is 0 Å². The van der Waals surface area contributed by atoms with Gasteiger partial charge in [0, 0.05) is 33.1 Å². The Balaban J connectivity index is 0. The topological polar surface area (TPSA) is 39.1 Å². The Morgan fingerprint density at radius 2 is 2.21 bits per heavy atom. The Bertz CT molecular complexity index is 230. The summed E-state index contributed by atoms with van der Waals surface area (Å²) in [5, 5.41) is 3.22. The lowest BCUT2D eigenvalue weighted by atomic mass is 10.5. The van der Waals surface area contributed by atoms with Crippen LogP contribution in [0.4, 0.5) is 0 Å². The molecule has 0 radical (unpaired) electrons. The fourth-order valence-electron chi connectivity index (χ4n) is 0.941. The van der Waals surface area contributed by atoms with Gasteiger partial charge in [0.05, 0.1) is 13.2 Å². The molecule has 4 nitrogen and oxygen atoms in total. The molecule has 0 aliphatic rings. The molecule has 0 aliphatic carbocycles. The van der Waals surface area contributed by atoms with Crippen LogP contribution in [0.5, 0.6) is 0 Å². The minimum atomic E-state index is 0. The van der Waals surface area contributed by atoms with Crippen molar-refractivity contribution in [3.8, 4) is 0 Å². The van der Waals surface area contributed by atoms with Crippen molar-refractivity contribution in [1.82, 2.24) is 14.9 Å². The van der Waals surface area contributed by atoms with E-state index in [1.165, 1.54) is 0 Å². The van der Waals surface area contributed by atoms with Gasteiger partial charge in [0.25, 0.3) is 0 Å². The van der Waals surface area contributed by atoms with E-state index in [0.717, 1.165) is 25.5 Å². The van der Waals surface area contributed by atoms with Crippen LogP contribution in [0, 0.1) is 0 Å². The van der Waals surface area contributed by atoms with E-state index in [4.69, 9.17) is 4.74 Å². The maximum atomic E-state index is 4.90. The quantitative estimate of drug-likeness (QED) is 0.783. The van der Waals surface area contributed by atoms with Crippen molar-refractivity contribution in [2.75, 3.05) is 20.3 Å². The van der Waals surface area contributed by atoms with Crippen molar-refractivity contribution < 1.29 is 4.74 Å². The monoisotopic (exact) mass is 241 g/mol. The summed E-state index contributed by atoms with van der Waals surface area (Å²) in [4.78, 5) is 4.17. The minimum Gasteiger partial charge on any atom is -0.383 e. The number of aryl methyl sites for hydroxylation is 1. The van der Waals surface area contributed by atoms with Gasteiger partial charge in [-0.1, -0.05) is 0 Å². The van der Waals surface area contributed by atoms with Crippen LogP contribution in [-0.2, 0) is 18.3 Å². The second-order valence-corrected chi connectivity index (χ2v) is 2.62. The SMILES string of the molecule is COCCNCc1nccn1C.Cl.Cl. The highest BCUT2D eigenvalue weighted by atomic mass is 35.5. The van der Waals surface area contributed by atoms with Crippen molar-refractivity contribution in [1.29, 1.82) is 0 Å². The number of hydrogen-bond acceptors (Lipinski definition) is 3. The number of nitrogens with one attached hydrogen (secondary N) is 1. The number of ether oxygens (including phenoxy) is 1. The van der Waals surface area contributed by atoms with Crippen LogP contribution >= 0.6 is 24.8 Å². The van der Waals surface area contributed by atoms with Gasteiger partial charge in [-0.05, 0) is 0 Å². The van der Waals surface area contributed by atoms with Crippen molar-refractivity contribution in [3.05, 3.63) is 18.2 Å². The number of rotatable bonds is 5. The van der Waals surface area contributed by atoms with Crippen molar-refractivity contribution in [3.63, 3.8) is 0 Å². The van der Waals surface area contributed by atoms with Crippen molar-refractivity contribution in [2.24, 2.45) is 7.05 Å². The van der Waals surface area contributed by atoms with Crippen LogP contribution in [0.3, 0.4) is 0 Å². The van der Waals surface area contributed by atoms with Gasteiger partial charge in [-0.3, -0.25) is 0 Å². The first-order valence-electron chi connectivity index (χ1n) is 4.00. The second-order valence-electron chi connectivity index (χ2n) is 2.62. The van der Waals surface area contributed by atoms with E-state index in [0.29, 0.717) is 0 Å². The molecule has 0 aliphatic heterocycles. The molecule has 84 valence electrons. The summed E-state index contributed by atoms with van der Waals surface area (Å²) < 4.78 is 6.90. The van der Waals surface area contributed by atoms with E-state index in [-0.39, 0.29) is 24.8 Å².